The molecular weight excluding hydrogens is 1040 g/mol. The van der Waals surface area contributed by atoms with Gasteiger partial charge in [-0.1, -0.05) is 155 Å². The van der Waals surface area contributed by atoms with E-state index in [1.807, 2.05) is 57.2 Å². The molecule has 2 aliphatic heterocycles. The summed E-state index contributed by atoms with van der Waals surface area (Å²) in [6.45, 7) is 17.0. The van der Waals surface area contributed by atoms with Crippen LogP contribution >= 0.6 is 0 Å². The van der Waals surface area contributed by atoms with Gasteiger partial charge in [0.1, 0.15) is 23.5 Å². The summed E-state index contributed by atoms with van der Waals surface area (Å²) in [6, 6.07) is 22.0. The average Bonchev–Trinajstić information content (AvgIpc) is 3.49. The van der Waals surface area contributed by atoms with Crippen molar-refractivity contribution in [2.45, 2.75) is 297 Å². The quantitative estimate of drug-likeness (QED) is 0.0240. The van der Waals surface area contributed by atoms with Crippen LogP contribution < -0.4 is 14.2 Å². The molecule has 2 heterocycles. The van der Waals surface area contributed by atoms with Crippen molar-refractivity contribution in [1.29, 1.82) is 0 Å². The smallest absolute Gasteiger partial charge is 0.347 e. The first-order chi connectivity index (χ1) is 39.8. The lowest BCUT2D eigenvalue weighted by Gasteiger charge is -2.40. The molecule has 2 fully saturated rings. The second-order valence-electron chi connectivity index (χ2n) is 22.6. The molecule has 9 atom stereocenters. The summed E-state index contributed by atoms with van der Waals surface area (Å²) < 4.78 is 48.2. The van der Waals surface area contributed by atoms with Crippen LogP contribution in [0.3, 0.4) is 0 Å². The lowest BCUT2D eigenvalue weighted by atomic mass is 9.96. The van der Waals surface area contributed by atoms with Gasteiger partial charge in [0.25, 0.3) is 0 Å². The van der Waals surface area contributed by atoms with Crippen molar-refractivity contribution < 1.29 is 62.5 Å². The maximum atomic E-state index is 12.9. The highest BCUT2D eigenvalue weighted by atomic mass is 16.7. The second-order valence-corrected chi connectivity index (χ2v) is 22.6. The summed E-state index contributed by atoms with van der Waals surface area (Å²) in [5.74, 6) is 0.831. The maximum absolute atomic E-state index is 12.9. The number of benzene rings is 3. The number of rotatable bonds is 39. The molecule has 0 aromatic heterocycles. The van der Waals surface area contributed by atoms with E-state index in [4.69, 9.17) is 43.0 Å². The van der Waals surface area contributed by atoms with Gasteiger partial charge in [0.15, 0.2) is 18.7 Å². The highest BCUT2D eigenvalue weighted by Gasteiger charge is 2.36. The molecule has 3 aromatic rings. The van der Waals surface area contributed by atoms with Crippen LogP contribution in [0, 0.1) is 0 Å². The van der Waals surface area contributed by atoms with Gasteiger partial charge >= 0.3 is 11.9 Å². The number of hydrogen-bond donors (Lipinski definition) is 2. The lowest BCUT2D eigenvalue weighted by Crippen LogP contribution is -2.44. The minimum Gasteiger partial charge on any atom is -0.494 e. The number of unbranched alkanes of at least 4 members (excludes halogenated alkanes) is 17. The van der Waals surface area contributed by atoms with Crippen molar-refractivity contribution >= 4 is 18.2 Å². The highest BCUT2D eigenvalue weighted by molar-refractivity contribution is 5.91. The van der Waals surface area contributed by atoms with Crippen molar-refractivity contribution in [3.8, 4) is 28.4 Å². The third kappa shape index (κ3) is 32.6. The molecular formula is C69H110O13. The maximum Gasteiger partial charge on any atom is 0.347 e. The van der Waals surface area contributed by atoms with E-state index >= 15 is 0 Å². The fourth-order valence-corrected chi connectivity index (χ4v) is 9.79. The molecule has 13 heteroatoms. The number of aldehydes is 1. The molecule has 2 N–H and O–H groups in total. The summed E-state index contributed by atoms with van der Waals surface area (Å²) in [5.41, 5.74) is 2.45. The van der Waals surface area contributed by atoms with Gasteiger partial charge in [-0.2, -0.15) is 0 Å². The number of hydrogen-bond acceptors (Lipinski definition) is 13. The molecule has 2 saturated heterocycles. The number of carbonyl (C=O) groups is 3. The minimum atomic E-state index is -0.740. The van der Waals surface area contributed by atoms with E-state index in [0.717, 1.165) is 119 Å². The van der Waals surface area contributed by atoms with Crippen LogP contribution in [0.4, 0.5) is 0 Å². The first-order valence-corrected chi connectivity index (χ1v) is 32.2. The summed E-state index contributed by atoms with van der Waals surface area (Å²) >= 11 is 0. The predicted molar refractivity (Wildman–Crippen MR) is 329 cm³/mol. The number of ether oxygens (including phenoxy) is 8. The van der Waals surface area contributed by atoms with Gasteiger partial charge in [0, 0.05) is 25.7 Å². The molecule has 5 rings (SSSR count). The zero-order valence-electron chi connectivity index (χ0n) is 52.0. The molecule has 0 amide bonds. The molecule has 464 valence electrons. The van der Waals surface area contributed by atoms with Crippen molar-refractivity contribution in [3.63, 3.8) is 0 Å². The Morgan fingerprint density at radius 3 is 1.52 bits per heavy atom. The Kier molecular flexibility index (Phi) is 39.5. The summed E-state index contributed by atoms with van der Waals surface area (Å²) in [6.07, 6.45) is 31.0. The van der Waals surface area contributed by atoms with Crippen LogP contribution in [0.15, 0.2) is 72.8 Å². The molecule has 9 unspecified atom stereocenters. The van der Waals surface area contributed by atoms with E-state index in [9.17, 15) is 19.5 Å². The first kappa shape index (κ1) is 71.9. The topological polar surface area (TPSA) is 166 Å². The molecule has 0 spiro atoms. The summed E-state index contributed by atoms with van der Waals surface area (Å²) in [7, 11) is 0. The Morgan fingerprint density at radius 1 is 0.537 bits per heavy atom. The second kappa shape index (κ2) is 45.1. The van der Waals surface area contributed by atoms with Gasteiger partial charge in [0.2, 0.25) is 0 Å². The fourth-order valence-electron chi connectivity index (χ4n) is 9.79. The average molecular weight is 1150 g/mol. The Morgan fingerprint density at radius 2 is 1.00 bits per heavy atom. The fraction of sp³-hybridized carbons (Fsp3) is 0.696. The predicted octanol–water partition coefficient (Wildman–Crippen LogP) is 16.8. The van der Waals surface area contributed by atoms with E-state index in [1.165, 1.54) is 83.5 Å². The van der Waals surface area contributed by atoms with Gasteiger partial charge in [0.05, 0.1) is 55.4 Å². The molecule has 3 aromatic carbocycles. The zero-order chi connectivity index (χ0) is 59.6. The van der Waals surface area contributed by atoms with Crippen LogP contribution in [-0.2, 0) is 33.3 Å². The van der Waals surface area contributed by atoms with Crippen LogP contribution in [0.5, 0.6) is 17.2 Å². The van der Waals surface area contributed by atoms with E-state index in [0.29, 0.717) is 36.7 Å². The summed E-state index contributed by atoms with van der Waals surface area (Å²) in [5, 5.41) is 18.6. The molecule has 0 saturated carbocycles. The Labute approximate surface area is 495 Å². The zero-order valence-corrected chi connectivity index (χ0v) is 52.0. The van der Waals surface area contributed by atoms with E-state index in [2.05, 4.69) is 20.8 Å². The van der Waals surface area contributed by atoms with Gasteiger partial charge in [-0.3, -0.25) is 0 Å². The lowest BCUT2D eigenvalue weighted by molar-refractivity contribution is -0.275. The van der Waals surface area contributed by atoms with Crippen LogP contribution in [0.25, 0.3) is 11.1 Å². The Bertz CT molecular complexity index is 2040. The van der Waals surface area contributed by atoms with Crippen molar-refractivity contribution in [2.24, 2.45) is 0 Å². The van der Waals surface area contributed by atoms with Gasteiger partial charge in [-0.25, -0.2) is 9.59 Å². The molecule has 2 aliphatic rings. The number of esters is 2. The SMILES string of the molecule is CCC(C)O.CCCCCCCC1OC(CC)CC(CC2CC(CC(C)O)OC(CCCCCCCCCCOc3ccc(-c4ccc(C(=O)Oc5ccc(OC(C)C(=O)OCCCC)cc5)cc4)cc3)O2)O1.CCCCCCCC=O. The van der Waals surface area contributed by atoms with Crippen LogP contribution in [0.2, 0.25) is 0 Å². The minimum absolute atomic E-state index is 0.00889. The van der Waals surface area contributed by atoms with Crippen molar-refractivity contribution in [3.05, 3.63) is 78.4 Å². The number of aliphatic hydroxyl groups is 2. The first-order valence-electron chi connectivity index (χ1n) is 32.2. The van der Waals surface area contributed by atoms with E-state index in [1.54, 1.807) is 50.2 Å². The standard InChI is InChI=1S/C57H84O11.C8H16O.C4H10O/c1-6-9-11-16-19-22-54-64-47(8-3)39-52(66-54)41-53-40-51(38-42(4)58)65-55(67-53)23-20-17-14-12-13-15-18-21-37-61-48-30-28-45(29-31-48)44-24-26-46(27-25-44)57(60)68-50-34-32-49(33-35-50)63-43(5)56(59)62-36-10-7-2;1-2-3-4-5-6-7-8-9;1-3-4(2)5/h24-35,42-43,47,51-55,58H,6-23,36-41H2,1-5H3;8H,2-7H2,1H3;4-5H,3H2,1-2H3. The molecule has 0 aliphatic carbocycles. The van der Waals surface area contributed by atoms with Gasteiger partial charge < -0.3 is 52.9 Å². The van der Waals surface area contributed by atoms with Crippen molar-refractivity contribution in [1.82, 2.24) is 0 Å². The largest absolute Gasteiger partial charge is 0.494 e. The van der Waals surface area contributed by atoms with Crippen LogP contribution in [-0.4, -0.2) is 97.0 Å². The number of carbonyl (C=O) groups excluding carboxylic acids is 3. The molecule has 13 nitrogen and oxygen atoms in total. The van der Waals surface area contributed by atoms with Crippen LogP contribution in [0.1, 0.15) is 252 Å². The van der Waals surface area contributed by atoms with Crippen molar-refractivity contribution in [2.75, 3.05) is 13.2 Å². The highest BCUT2D eigenvalue weighted by Crippen LogP contribution is 2.33. The molecule has 0 radical (unpaired) electrons. The van der Waals surface area contributed by atoms with E-state index in [-0.39, 0.29) is 43.1 Å². The van der Waals surface area contributed by atoms with E-state index < -0.39 is 24.1 Å². The Balaban J connectivity index is 0.00000111. The molecule has 82 heavy (non-hydrogen) atoms. The third-order valence-electron chi connectivity index (χ3n) is 14.9. The summed E-state index contributed by atoms with van der Waals surface area (Å²) in [4.78, 5) is 34.8. The third-order valence-corrected chi connectivity index (χ3v) is 14.9. The monoisotopic (exact) mass is 1150 g/mol. The number of aliphatic hydroxyl groups excluding tert-OH is 2. The normalized spacial score (nSPS) is 19.7. The Hall–Kier alpha value is -4.37. The molecule has 0 bridgehead atoms. The van der Waals surface area contributed by atoms with Gasteiger partial charge in [-0.15, -0.1) is 0 Å². The van der Waals surface area contributed by atoms with Gasteiger partial charge in [-0.05, 0) is 145 Å².